The number of hydrogen-bond donors (Lipinski definition) is 1. The molecule has 0 unspecified atom stereocenters. The van der Waals surface area contributed by atoms with Crippen LogP contribution in [0.15, 0.2) is 40.9 Å². The average molecular weight is 386 g/mol. The summed E-state index contributed by atoms with van der Waals surface area (Å²) in [6.45, 7) is -0.0322. The van der Waals surface area contributed by atoms with E-state index in [1.165, 1.54) is 12.1 Å². The standard InChI is InChI=1S/C14H10BrClN2O4/c15-11-6-10(16)3-4-13(11)22-7-9-2-1-8(14(17)19)5-12(9)18(20)21/h1-6H,7H2,(H2,17,19). The van der Waals surface area contributed by atoms with E-state index >= 15 is 0 Å². The summed E-state index contributed by atoms with van der Waals surface area (Å²) in [5, 5.41) is 11.6. The van der Waals surface area contributed by atoms with Crippen molar-refractivity contribution in [2.45, 2.75) is 6.61 Å². The number of halogens is 2. The number of nitrogens with zero attached hydrogens (tertiary/aromatic N) is 1. The van der Waals surface area contributed by atoms with Crippen LogP contribution in [0, 0.1) is 10.1 Å². The summed E-state index contributed by atoms with van der Waals surface area (Å²) < 4.78 is 6.18. The van der Waals surface area contributed by atoms with Crippen LogP contribution in [-0.2, 0) is 6.61 Å². The largest absolute Gasteiger partial charge is 0.487 e. The van der Waals surface area contributed by atoms with Gasteiger partial charge < -0.3 is 10.5 Å². The Bertz CT molecular complexity index is 752. The molecule has 114 valence electrons. The van der Waals surface area contributed by atoms with E-state index in [9.17, 15) is 14.9 Å². The molecule has 0 radical (unpaired) electrons. The van der Waals surface area contributed by atoms with Crippen molar-refractivity contribution in [1.82, 2.24) is 0 Å². The minimum Gasteiger partial charge on any atom is -0.487 e. The molecule has 2 aromatic rings. The number of carbonyl (C=O) groups excluding carboxylic acids is 1. The van der Waals surface area contributed by atoms with Crippen molar-refractivity contribution in [2.24, 2.45) is 5.73 Å². The van der Waals surface area contributed by atoms with Crippen LogP contribution in [0.2, 0.25) is 5.02 Å². The zero-order valence-corrected chi connectivity index (χ0v) is 13.4. The molecule has 0 spiro atoms. The summed E-state index contributed by atoms with van der Waals surface area (Å²) in [5.41, 5.74) is 5.30. The van der Waals surface area contributed by atoms with Gasteiger partial charge in [-0.15, -0.1) is 0 Å². The molecule has 8 heteroatoms. The molecule has 0 fully saturated rings. The predicted molar refractivity (Wildman–Crippen MR) is 85.1 cm³/mol. The lowest BCUT2D eigenvalue weighted by Gasteiger charge is -2.09. The van der Waals surface area contributed by atoms with E-state index in [0.29, 0.717) is 20.8 Å². The maximum atomic E-state index is 11.1. The summed E-state index contributed by atoms with van der Waals surface area (Å²) in [5.74, 6) is -0.228. The highest BCUT2D eigenvalue weighted by Gasteiger charge is 2.17. The molecule has 0 saturated carbocycles. The highest BCUT2D eigenvalue weighted by atomic mass is 79.9. The summed E-state index contributed by atoms with van der Waals surface area (Å²) >= 11 is 9.12. The van der Waals surface area contributed by atoms with Crippen LogP contribution in [0.25, 0.3) is 0 Å². The third-order valence-electron chi connectivity index (χ3n) is 2.84. The smallest absolute Gasteiger partial charge is 0.276 e. The van der Waals surface area contributed by atoms with Crippen LogP contribution in [0.1, 0.15) is 15.9 Å². The van der Waals surface area contributed by atoms with E-state index in [2.05, 4.69) is 15.9 Å². The van der Waals surface area contributed by atoms with Gasteiger partial charge in [-0.05, 0) is 46.3 Å². The summed E-state index contributed by atoms with van der Waals surface area (Å²) in [4.78, 5) is 21.6. The third kappa shape index (κ3) is 3.75. The molecule has 2 rings (SSSR count). The Hall–Kier alpha value is -2.12. The fraction of sp³-hybridized carbons (Fsp3) is 0.0714. The number of primary amides is 1. The molecule has 0 atom stereocenters. The molecular formula is C14H10BrClN2O4. The Morgan fingerprint density at radius 3 is 2.64 bits per heavy atom. The summed E-state index contributed by atoms with van der Waals surface area (Å²) in [6, 6.07) is 8.95. The fourth-order valence-corrected chi connectivity index (χ4v) is 2.55. The lowest BCUT2D eigenvalue weighted by molar-refractivity contribution is -0.385. The van der Waals surface area contributed by atoms with Crippen LogP contribution in [-0.4, -0.2) is 10.8 Å². The SMILES string of the molecule is NC(=O)c1ccc(COc2ccc(Cl)cc2Br)c([N+](=O)[O-])c1. The molecule has 6 nitrogen and oxygen atoms in total. The predicted octanol–water partition coefficient (Wildman–Crippen LogP) is 3.69. The average Bonchev–Trinajstić information content (AvgIpc) is 2.46. The molecule has 0 aliphatic carbocycles. The Balaban J connectivity index is 2.25. The Morgan fingerprint density at radius 2 is 2.05 bits per heavy atom. The van der Waals surface area contributed by atoms with E-state index in [-0.39, 0.29) is 17.9 Å². The van der Waals surface area contributed by atoms with Crippen LogP contribution < -0.4 is 10.5 Å². The summed E-state index contributed by atoms with van der Waals surface area (Å²) in [7, 11) is 0. The second-order valence-corrected chi connectivity index (χ2v) is 5.62. The van der Waals surface area contributed by atoms with Gasteiger partial charge in [-0.25, -0.2) is 0 Å². The molecule has 0 bridgehead atoms. The highest BCUT2D eigenvalue weighted by Crippen LogP contribution is 2.29. The molecular weight excluding hydrogens is 376 g/mol. The number of benzene rings is 2. The molecule has 1 amide bonds. The topological polar surface area (TPSA) is 95.5 Å². The number of carbonyl (C=O) groups is 1. The van der Waals surface area contributed by atoms with Crippen molar-refractivity contribution in [2.75, 3.05) is 0 Å². The van der Waals surface area contributed by atoms with Gasteiger partial charge in [-0.2, -0.15) is 0 Å². The number of nitro groups is 1. The first-order valence-corrected chi connectivity index (χ1v) is 7.20. The summed E-state index contributed by atoms with van der Waals surface area (Å²) in [6.07, 6.45) is 0. The zero-order chi connectivity index (χ0) is 16.3. The first-order valence-electron chi connectivity index (χ1n) is 6.03. The Morgan fingerprint density at radius 1 is 1.32 bits per heavy atom. The quantitative estimate of drug-likeness (QED) is 0.627. The number of nitrogens with two attached hydrogens (primary N) is 1. The first kappa shape index (κ1) is 16.3. The molecule has 2 N–H and O–H groups in total. The molecule has 0 aliphatic heterocycles. The van der Waals surface area contributed by atoms with Gasteiger partial charge in [-0.1, -0.05) is 11.6 Å². The number of nitro benzene ring substituents is 1. The van der Waals surface area contributed by atoms with Crippen LogP contribution in [0.3, 0.4) is 0 Å². The lowest BCUT2D eigenvalue weighted by atomic mass is 10.1. The second kappa shape index (κ2) is 6.76. The van der Waals surface area contributed by atoms with Gasteiger partial charge >= 0.3 is 0 Å². The van der Waals surface area contributed by atoms with Gasteiger partial charge in [-0.3, -0.25) is 14.9 Å². The van der Waals surface area contributed by atoms with Gasteiger partial charge in [0.25, 0.3) is 5.69 Å². The van der Waals surface area contributed by atoms with Crippen molar-refractivity contribution in [3.05, 3.63) is 67.1 Å². The molecule has 2 aromatic carbocycles. The van der Waals surface area contributed by atoms with Gasteiger partial charge in [0.05, 0.1) is 15.0 Å². The monoisotopic (exact) mass is 384 g/mol. The lowest BCUT2D eigenvalue weighted by Crippen LogP contribution is -2.12. The molecule has 22 heavy (non-hydrogen) atoms. The van der Waals surface area contributed by atoms with E-state index in [1.807, 2.05) is 0 Å². The van der Waals surface area contributed by atoms with Crippen molar-refractivity contribution in [3.8, 4) is 5.75 Å². The van der Waals surface area contributed by atoms with Crippen molar-refractivity contribution >= 4 is 39.1 Å². The van der Waals surface area contributed by atoms with Gasteiger partial charge in [0.1, 0.15) is 12.4 Å². The highest BCUT2D eigenvalue weighted by molar-refractivity contribution is 9.10. The van der Waals surface area contributed by atoms with Gasteiger partial charge in [0.15, 0.2) is 0 Å². The van der Waals surface area contributed by atoms with Crippen molar-refractivity contribution in [3.63, 3.8) is 0 Å². The third-order valence-corrected chi connectivity index (χ3v) is 3.70. The van der Waals surface area contributed by atoms with E-state index in [0.717, 1.165) is 6.07 Å². The number of amides is 1. The molecule has 0 aliphatic rings. The maximum absolute atomic E-state index is 11.1. The Labute approximate surface area is 139 Å². The van der Waals surface area contributed by atoms with Crippen LogP contribution >= 0.6 is 27.5 Å². The van der Waals surface area contributed by atoms with Gasteiger partial charge in [0, 0.05) is 16.7 Å². The van der Waals surface area contributed by atoms with Gasteiger partial charge in [0.2, 0.25) is 5.91 Å². The fourth-order valence-electron chi connectivity index (χ4n) is 1.76. The molecule has 0 heterocycles. The number of hydrogen-bond acceptors (Lipinski definition) is 4. The van der Waals surface area contributed by atoms with Crippen LogP contribution in [0.4, 0.5) is 5.69 Å². The second-order valence-electron chi connectivity index (χ2n) is 4.33. The number of rotatable bonds is 5. The normalized spacial score (nSPS) is 10.3. The van der Waals surface area contributed by atoms with Crippen molar-refractivity contribution < 1.29 is 14.5 Å². The van der Waals surface area contributed by atoms with Crippen molar-refractivity contribution in [1.29, 1.82) is 0 Å². The zero-order valence-electron chi connectivity index (χ0n) is 11.1. The van der Waals surface area contributed by atoms with E-state index in [4.69, 9.17) is 22.1 Å². The first-order chi connectivity index (χ1) is 10.4. The minimum atomic E-state index is -0.726. The van der Waals surface area contributed by atoms with Crippen LogP contribution in [0.5, 0.6) is 5.75 Å². The Kier molecular flexibility index (Phi) is 4.99. The minimum absolute atomic E-state index is 0.0322. The van der Waals surface area contributed by atoms with E-state index < -0.39 is 10.8 Å². The molecule has 0 aromatic heterocycles. The number of ether oxygens (including phenoxy) is 1. The molecule has 0 saturated heterocycles. The van der Waals surface area contributed by atoms with E-state index in [1.54, 1.807) is 18.2 Å². The maximum Gasteiger partial charge on any atom is 0.276 e.